The monoisotopic (exact) mass is 535 g/mol. The van der Waals surface area contributed by atoms with Gasteiger partial charge in [-0.05, 0) is 56.7 Å². The Morgan fingerprint density at radius 3 is 2.18 bits per heavy atom. The van der Waals surface area contributed by atoms with Crippen LogP contribution < -0.4 is 4.80 Å². The zero-order valence-corrected chi connectivity index (χ0v) is 22.4. The summed E-state index contributed by atoms with van der Waals surface area (Å²) in [7, 11) is 0. The molecule has 2 aromatic heterocycles. The molecule has 5 aromatic rings. The molecule has 0 bridgehead atoms. The topological polar surface area (TPSA) is 104 Å². The molecule has 0 radical (unpaired) electrons. The number of para-hydroxylation sites is 1. The Labute approximate surface area is 228 Å². The quantitative estimate of drug-likeness (QED) is 0.142. The normalized spacial score (nSPS) is 12.4. The van der Waals surface area contributed by atoms with Gasteiger partial charge in [0.2, 0.25) is 4.80 Å². The zero-order valence-electron chi connectivity index (χ0n) is 21.6. The highest BCUT2D eigenvalue weighted by atomic mass is 32.1. The van der Waals surface area contributed by atoms with E-state index >= 15 is 0 Å². The standard InChI is InChI=1S/C29H25N7O2S/c1-20(28-21(2)32-34(22(28)3)25-15-17-26(18-16-25)36(37)38)30-31-29-35(24-12-8-5-9-13-24)33-27(39-29)19-14-23-10-6-4-7-11-23/h4-19H,1-3H3. The molecule has 9 nitrogen and oxygen atoms in total. The molecule has 0 atom stereocenters. The predicted octanol–water partition coefficient (Wildman–Crippen LogP) is 6.14. The summed E-state index contributed by atoms with van der Waals surface area (Å²) in [5.41, 5.74) is 5.96. The van der Waals surface area contributed by atoms with Crippen LogP contribution in [0.4, 0.5) is 5.69 Å². The van der Waals surface area contributed by atoms with Crippen LogP contribution in [0.5, 0.6) is 0 Å². The van der Waals surface area contributed by atoms with Crippen molar-refractivity contribution in [3.8, 4) is 11.4 Å². The summed E-state index contributed by atoms with van der Waals surface area (Å²) in [4.78, 5) is 11.2. The molecule has 0 amide bonds. The highest BCUT2D eigenvalue weighted by molar-refractivity contribution is 7.09. The van der Waals surface area contributed by atoms with Crippen molar-refractivity contribution < 1.29 is 4.92 Å². The lowest BCUT2D eigenvalue weighted by atomic mass is 10.1. The minimum Gasteiger partial charge on any atom is -0.258 e. The Morgan fingerprint density at radius 1 is 0.872 bits per heavy atom. The first kappa shape index (κ1) is 25.7. The summed E-state index contributed by atoms with van der Waals surface area (Å²) in [6.07, 6.45) is 3.99. The third-order valence-electron chi connectivity index (χ3n) is 6.04. The van der Waals surface area contributed by atoms with Crippen molar-refractivity contribution >= 4 is 34.9 Å². The van der Waals surface area contributed by atoms with E-state index in [1.807, 2.05) is 93.6 Å². The number of aromatic nitrogens is 4. The van der Waals surface area contributed by atoms with E-state index in [0.717, 1.165) is 38.9 Å². The van der Waals surface area contributed by atoms with Gasteiger partial charge in [-0.15, -0.1) is 5.10 Å². The molecule has 0 spiro atoms. The summed E-state index contributed by atoms with van der Waals surface area (Å²) in [6, 6.07) is 26.2. The molecule has 0 fully saturated rings. The maximum absolute atomic E-state index is 11.0. The van der Waals surface area contributed by atoms with E-state index in [-0.39, 0.29) is 5.69 Å². The van der Waals surface area contributed by atoms with Crippen LogP contribution in [0.25, 0.3) is 23.5 Å². The van der Waals surface area contributed by atoms with E-state index in [4.69, 9.17) is 5.10 Å². The van der Waals surface area contributed by atoms with E-state index < -0.39 is 4.92 Å². The second-order valence-electron chi connectivity index (χ2n) is 8.73. The van der Waals surface area contributed by atoms with E-state index in [1.54, 1.807) is 21.5 Å². The third kappa shape index (κ3) is 5.65. The Morgan fingerprint density at radius 2 is 1.51 bits per heavy atom. The van der Waals surface area contributed by atoms with Crippen LogP contribution in [0, 0.1) is 24.0 Å². The maximum Gasteiger partial charge on any atom is 0.269 e. The fourth-order valence-corrected chi connectivity index (χ4v) is 4.96. The molecular formula is C29H25N7O2S. The average molecular weight is 536 g/mol. The molecule has 0 aliphatic carbocycles. The number of hydrogen-bond donors (Lipinski definition) is 0. The lowest BCUT2D eigenvalue weighted by Gasteiger charge is -2.05. The molecule has 0 aliphatic heterocycles. The minimum absolute atomic E-state index is 0.0336. The summed E-state index contributed by atoms with van der Waals surface area (Å²) >= 11 is 1.44. The number of non-ortho nitro benzene ring substituents is 1. The number of nitrogens with zero attached hydrogens (tertiary/aromatic N) is 7. The molecule has 194 valence electrons. The van der Waals surface area contributed by atoms with Gasteiger partial charge in [-0.1, -0.05) is 65.9 Å². The number of nitro benzene ring substituents is 1. The van der Waals surface area contributed by atoms with E-state index in [9.17, 15) is 10.1 Å². The number of nitro groups is 1. The van der Waals surface area contributed by atoms with Gasteiger partial charge >= 0.3 is 0 Å². The first-order chi connectivity index (χ1) is 18.9. The summed E-state index contributed by atoms with van der Waals surface area (Å²) in [5.74, 6) is 0. The summed E-state index contributed by atoms with van der Waals surface area (Å²) in [6.45, 7) is 5.75. The van der Waals surface area contributed by atoms with Gasteiger partial charge in [0.25, 0.3) is 5.69 Å². The zero-order chi connectivity index (χ0) is 27.4. The lowest BCUT2D eigenvalue weighted by Crippen LogP contribution is -2.14. The highest BCUT2D eigenvalue weighted by Gasteiger charge is 2.16. The fraction of sp³-hybridized carbons (Fsp3) is 0.103. The third-order valence-corrected chi connectivity index (χ3v) is 6.90. The van der Waals surface area contributed by atoms with Crippen molar-refractivity contribution in [2.75, 3.05) is 0 Å². The molecule has 0 N–H and O–H groups in total. The van der Waals surface area contributed by atoms with E-state index in [0.29, 0.717) is 10.5 Å². The van der Waals surface area contributed by atoms with Gasteiger partial charge in [-0.25, -0.2) is 9.36 Å². The van der Waals surface area contributed by atoms with Crippen molar-refractivity contribution in [1.29, 1.82) is 0 Å². The number of benzene rings is 3. The molecular weight excluding hydrogens is 510 g/mol. The highest BCUT2D eigenvalue weighted by Crippen LogP contribution is 2.21. The molecule has 39 heavy (non-hydrogen) atoms. The Bertz CT molecular complexity index is 1750. The Balaban J connectivity index is 1.52. The molecule has 5 rings (SSSR count). The molecule has 10 heteroatoms. The first-order valence-electron chi connectivity index (χ1n) is 12.2. The van der Waals surface area contributed by atoms with Crippen molar-refractivity contribution in [1.82, 2.24) is 19.6 Å². The van der Waals surface area contributed by atoms with Gasteiger partial charge in [0.15, 0.2) is 0 Å². The fourth-order valence-electron chi connectivity index (χ4n) is 4.20. The van der Waals surface area contributed by atoms with Crippen LogP contribution >= 0.6 is 11.3 Å². The van der Waals surface area contributed by atoms with Gasteiger partial charge in [0.05, 0.1) is 33.4 Å². The Hall–Kier alpha value is -4.96. The van der Waals surface area contributed by atoms with Gasteiger partial charge in [-0.3, -0.25) is 10.1 Å². The molecule has 0 aliphatic rings. The van der Waals surface area contributed by atoms with Crippen LogP contribution in [0.3, 0.4) is 0 Å². The predicted molar refractivity (Wildman–Crippen MR) is 154 cm³/mol. The van der Waals surface area contributed by atoms with Gasteiger partial charge < -0.3 is 0 Å². The van der Waals surface area contributed by atoms with Crippen LogP contribution in [-0.2, 0) is 0 Å². The van der Waals surface area contributed by atoms with Crippen LogP contribution in [0.1, 0.15) is 34.4 Å². The largest absolute Gasteiger partial charge is 0.269 e. The second kappa shape index (κ2) is 11.2. The van der Waals surface area contributed by atoms with Crippen molar-refractivity contribution in [2.45, 2.75) is 20.8 Å². The van der Waals surface area contributed by atoms with Crippen molar-refractivity contribution in [3.05, 3.63) is 127 Å². The van der Waals surface area contributed by atoms with Crippen LogP contribution in [0.2, 0.25) is 0 Å². The maximum atomic E-state index is 11.0. The summed E-state index contributed by atoms with van der Waals surface area (Å²) < 4.78 is 3.54. The van der Waals surface area contributed by atoms with Gasteiger partial charge in [0.1, 0.15) is 5.01 Å². The van der Waals surface area contributed by atoms with Gasteiger partial charge in [0, 0.05) is 17.7 Å². The smallest absolute Gasteiger partial charge is 0.258 e. The molecule has 2 heterocycles. The molecule has 3 aromatic carbocycles. The van der Waals surface area contributed by atoms with Crippen molar-refractivity contribution in [3.63, 3.8) is 0 Å². The molecule has 0 saturated carbocycles. The van der Waals surface area contributed by atoms with E-state index in [2.05, 4.69) is 15.3 Å². The first-order valence-corrected chi connectivity index (χ1v) is 13.0. The average Bonchev–Trinajstić information content (AvgIpc) is 3.51. The number of rotatable bonds is 7. The number of hydrogen-bond acceptors (Lipinski definition) is 7. The lowest BCUT2D eigenvalue weighted by molar-refractivity contribution is -0.384. The second-order valence-corrected chi connectivity index (χ2v) is 9.72. The van der Waals surface area contributed by atoms with Crippen LogP contribution in [-0.4, -0.2) is 30.2 Å². The Kier molecular flexibility index (Phi) is 7.37. The van der Waals surface area contributed by atoms with Crippen LogP contribution in [0.15, 0.2) is 95.1 Å². The summed E-state index contributed by atoms with van der Waals surface area (Å²) in [5, 5.41) is 30.4. The number of aryl methyl sites for hydroxylation is 1. The van der Waals surface area contributed by atoms with Crippen molar-refractivity contribution in [2.24, 2.45) is 10.2 Å². The molecule has 0 unspecified atom stereocenters. The SMILES string of the molecule is CC(=NN=c1sc(C=Cc2ccccc2)nn1-c1ccccc1)c1c(C)nn(-c2ccc([N+](=O)[O-])cc2)c1C. The van der Waals surface area contributed by atoms with Gasteiger partial charge in [-0.2, -0.15) is 15.3 Å². The molecule has 0 saturated heterocycles. The van der Waals surface area contributed by atoms with E-state index in [1.165, 1.54) is 23.5 Å². The minimum atomic E-state index is -0.418.